The summed E-state index contributed by atoms with van der Waals surface area (Å²) in [5, 5.41) is 0.595. The van der Waals surface area contributed by atoms with Crippen LogP contribution in [0, 0.1) is 23.2 Å². The number of carbonyl (C=O) groups is 3. The summed E-state index contributed by atoms with van der Waals surface area (Å²) in [6, 6.07) is 7.11. The van der Waals surface area contributed by atoms with E-state index in [0.717, 1.165) is 19.3 Å². The van der Waals surface area contributed by atoms with Gasteiger partial charge in [-0.1, -0.05) is 29.8 Å². The Morgan fingerprint density at radius 2 is 1.96 bits per heavy atom. The average molecular weight is 658 g/mol. The van der Waals surface area contributed by atoms with E-state index in [1.807, 2.05) is 31.2 Å². The lowest BCUT2D eigenvalue weighted by molar-refractivity contribution is -0.140. The summed E-state index contributed by atoms with van der Waals surface area (Å²) in [7, 11) is -2.01. The minimum atomic E-state index is -3.77. The van der Waals surface area contributed by atoms with Gasteiger partial charge in [0.1, 0.15) is 17.6 Å². The first-order chi connectivity index (χ1) is 21.5. The molecule has 0 bridgehead atoms. The molecule has 1 aromatic carbocycles. The Morgan fingerprint density at radius 1 is 1.18 bits per heavy atom. The highest BCUT2D eigenvalue weighted by molar-refractivity contribution is 7.90. The van der Waals surface area contributed by atoms with Crippen LogP contribution in [0.15, 0.2) is 36.4 Å². The Kier molecular flexibility index (Phi) is 8.86. The molecule has 2 amide bonds. The van der Waals surface area contributed by atoms with Crippen molar-refractivity contribution in [3.8, 4) is 11.6 Å². The number of amides is 2. The quantitative estimate of drug-likeness (QED) is 0.419. The number of carbonyl (C=O) groups excluding carboxylic acids is 3. The van der Waals surface area contributed by atoms with Crippen molar-refractivity contribution in [3.63, 3.8) is 0 Å². The summed E-state index contributed by atoms with van der Waals surface area (Å²) >= 11 is 6.46. The van der Waals surface area contributed by atoms with Gasteiger partial charge in [0.2, 0.25) is 27.7 Å². The molecule has 5 atom stereocenters. The van der Waals surface area contributed by atoms with Gasteiger partial charge in [0.15, 0.2) is 0 Å². The van der Waals surface area contributed by atoms with Crippen LogP contribution < -0.4 is 14.2 Å². The van der Waals surface area contributed by atoms with Crippen LogP contribution in [0.25, 0.3) is 10.9 Å². The molecule has 2 heterocycles. The van der Waals surface area contributed by atoms with Crippen molar-refractivity contribution in [2.45, 2.75) is 76.1 Å². The van der Waals surface area contributed by atoms with Crippen molar-refractivity contribution in [3.05, 3.63) is 41.4 Å². The summed E-state index contributed by atoms with van der Waals surface area (Å²) < 4.78 is 39.9. The maximum atomic E-state index is 14.1. The second-order valence-corrected chi connectivity index (χ2v) is 15.3. The van der Waals surface area contributed by atoms with Crippen molar-refractivity contribution >= 4 is 50.1 Å². The molecule has 1 N–H and O–H groups in total. The molecule has 0 spiro atoms. The van der Waals surface area contributed by atoms with E-state index in [-0.39, 0.29) is 30.4 Å². The number of hydrogen-bond acceptors (Lipinski definition) is 8. The highest BCUT2D eigenvalue weighted by atomic mass is 35.5. The Hall–Kier alpha value is -3.18. The third-order valence-corrected chi connectivity index (χ3v) is 11.8. The van der Waals surface area contributed by atoms with Crippen LogP contribution in [-0.2, 0) is 24.4 Å². The van der Waals surface area contributed by atoms with Gasteiger partial charge in [0.05, 0.1) is 33.7 Å². The zero-order chi connectivity index (χ0) is 31.9. The molecule has 6 rings (SSSR count). The highest BCUT2D eigenvalue weighted by Crippen LogP contribution is 2.58. The molecule has 1 aliphatic heterocycles. The number of sulfonamides is 1. The van der Waals surface area contributed by atoms with Gasteiger partial charge in [-0.2, -0.15) is 0 Å². The summed E-state index contributed by atoms with van der Waals surface area (Å²) in [4.78, 5) is 47.7. The molecule has 0 radical (unpaired) electrons. The standard InChI is InChI=1S/C33H40ClN3O7S/c1-3-43-29-17-28(23-10-8-11-26(34)30(23)35-29)44-21-15-24-25(16-21)31(39)37(2)14-7-5-4-6-9-20-18-33(20,19-27(24)38)32(40)36-45(41,42)22-12-13-22/h6,8-11,17,20-22,24-25H,3-5,7,12-16,18-19H2,1-2H3,(H,36,40)/b9-6-/t20-,21+,24+,25+,33+/m0/s1. The predicted molar refractivity (Wildman–Crippen MR) is 169 cm³/mol. The molecular formula is C33H40ClN3O7S. The number of halogens is 1. The normalized spacial score (nSPS) is 29.8. The SMILES string of the molecule is CCOc1cc(O[C@@H]2C[C@H]3C(=O)C[C@]4(C(=O)NS(=O)(=O)C5CC5)C[C@@H]4/C=C\CCCCN(C)C(=O)[C@@H]3C2)c2cccc(Cl)c2n1. The van der Waals surface area contributed by atoms with Crippen LogP contribution in [-0.4, -0.2) is 67.5 Å². The number of ketones is 1. The summed E-state index contributed by atoms with van der Waals surface area (Å²) in [5.41, 5.74) is -0.603. The number of ether oxygens (including phenoxy) is 2. The third kappa shape index (κ3) is 6.56. The van der Waals surface area contributed by atoms with Crippen LogP contribution in [0.5, 0.6) is 11.6 Å². The first-order valence-corrected chi connectivity index (χ1v) is 17.8. The van der Waals surface area contributed by atoms with Gasteiger partial charge >= 0.3 is 0 Å². The first kappa shape index (κ1) is 31.8. The largest absolute Gasteiger partial charge is 0.489 e. The Balaban J connectivity index is 1.29. The number of benzene rings is 1. The number of nitrogens with zero attached hydrogens (tertiary/aromatic N) is 2. The number of hydrogen-bond donors (Lipinski definition) is 1. The topological polar surface area (TPSA) is 132 Å². The molecule has 242 valence electrons. The predicted octanol–water partition coefficient (Wildman–Crippen LogP) is 4.83. The molecule has 2 aromatic rings. The molecule has 3 saturated carbocycles. The van der Waals surface area contributed by atoms with Crippen molar-refractivity contribution < 1.29 is 32.3 Å². The van der Waals surface area contributed by atoms with Gasteiger partial charge < -0.3 is 14.4 Å². The van der Waals surface area contributed by atoms with E-state index in [4.69, 9.17) is 21.1 Å². The van der Waals surface area contributed by atoms with E-state index >= 15 is 0 Å². The zero-order valence-corrected chi connectivity index (χ0v) is 27.2. The maximum absolute atomic E-state index is 14.1. The van der Waals surface area contributed by atoms with Crippen LogP contribution in [0.3, 0.4) is 0 Å². The van der Waals surface area contributed by atoms with Crippen molar-refractivity contribution in [1.29, 1.82) is 0 Å². The molecule has 4 aliphatic rings. The lowest BCUT2D eigenvalue weighted by Crippen LogP contribution is -2.42. The van der Waals surface area contributed by atoms with Gasteiger partial charge in [0.25, 0.3) is 0 Å². The highest BCUT2D eigenvalue weighted by Gasteiger charge is 2.61. The summed E-state index contributed by atoms with van der Waals surface area (Å²) in [6.07, 6.45) is 7.91. The van der Waals surface area contributed by atoms with Gasteiger partial charge in [-0.3, -0.25) is 19.1 Å². The van der Waals surface area contributed by atoms with Gasteiger partial charge in [-0.15, -0.1) is 0 Å². The first-order valence-electron chi connectivity index (χ1n) is 15.9. The fourth-order valence-electron chi connectivity index (χ4n) is 6.91. The van der Waals surface area contributed by atoms with E-state index in [1.54, 1.807) is 24.1 Å². The Bertz CT molecular complexity index is 1640. The number of rotatable bonds is 7. The Morgan fingerprint density at radius 3 is 2.71 bits per heavy atom. The van der Waals surface area contributed by atoms with Crippen LogP contribution in [0.1, 0.15) is 64.7 Å². The molecule has 0 unspecified atom stereocenters. The van der Waals surface area contributed by atoms with Crippen LogP contribution >= 0.6 is 11.6 Å². The molecule has 0 saturated heterocycles. The summed E-state index contributed by atoms with van der Waals surface area (Å²) in [6.45, 7) is 2.84. The minimum absolute atomic E-state index is 0.119. The molecule has 1 aromatic heterocycles. The number of para-hydroxylation sites is 1. The van der Waals surface area contributed by atoms with Crippen molar-refractivity contribution in [1.82, 2.24) is 14.6 Å². The lowest BCUT2D eigenvalue weighted by atomic mass is 9.84. The van der Waals surface area contributed by atoms with Crippen LogP contribution in [0.2, 0.25) is 5.02 Å². The third-order valence-electron chi connectivity index (χ3n) is 9.70. The molecule has 3 aliphatic carbocycles. The smallest absolute Gasteiger partial charge is 0.240 e. The van der Waals surface area contributed by atoms with E-state index in [2.05, 4.69) is 9.71 Å². The molecule has 3 fully saturated rings. The number of fused-ring (bicyclic) bond motifs is 3. The summed E-state index contributed by atoms with van der Waals surface area (Å²) in [5.74, 6) is -1.61. The average Bonchev–Trinajstić information content (AvgIpc) is 3.92. The number of nitrogens with one attached hydrogen (secondary N) is 1. The Labute approximate surface area is 268 Å². The molecule has 10 nitrogen and oxygen atoms in total. The molecular weight excluding hydrogens is 618 g/mol. The second-order valence-electron chi connectivity index (χ2n) is 12.9. The van der Waals surface area contributed by atoms with Crippen molar-refractivity contribution in [2.75, 3.05) is 20.2 Å². The lowest BCUT2D eigenvalue weighted by Gasteiger charge is -2.26. The fraction of sp³-hybridized carbons (Fsp3) is 0.576. The number of allylic oxidation sites excluding steroid dienone is 2. The van der Waals surface area contributed by atoms with Crippen LogP contribution in [0.4, 0.5) is 0 Å². The molecule has 45 heavy (non-hydrogen) atoms. The van der Waals surface area contributed by atoms with E-state index < -0.39 is 44.5 Å². The molecule has 12 heteroatoms. The second kappa shape index (κ2) is 12.5. The van der Waals surface area contributed by atoms with E-state index in [9.17, 15) is 22.8 Å². The number of Topliss-reactive ketones (excluding diaryl/α,β-unsaturated/α-hetero) is 1. The van der Waals surface area contributed by atoms with Gasteiger partial charge in [-0.05, 0) is 76.3 Å². The minimum Gasteiger partial charge on any atom is -0.489 e. The van der Waals surface area contributed by atoms with Crippen molar-refractivity contribution in [2.24, 2.45) is 23.2 Å². The van der Waals surface area contributed by atoms with E-state index in [0.29, 0.717) is 66.4 Å². The van der Waals surface area contributed by atoms with Gasteiger partial charge in [-0.25, -0.2) is 13.4 Å². The number of aromatic nitrogens is 1. The fourth-order valence-corrected chi connectivity index (χ4v) is 8.51. The maximum Gasteiger partial charge on any atom is 0.240 e. The van der Waals surface area contributed by atoms with E-state index in [1.165, 1.54) is 0 Å². The van der Waals surface area contributed by atoms with Gasteiger partial charge in [0, 0.05) is 37.4 Å². The monoisotopic (exact) mass is 657 g/mol. The number of pyridine rings is 1. The zero-order valence-electron chi connectivity index (χ0n) is 25.7.